The highest BCUT2D eigenvalue weighted by molar-refractivity contribution is 6.15. The van der Waals surface area contributed by atoms with Gasteiger partial charge in [-0.2, -0.15) is 0 Å². The molecule has 0 bridgehead atoms. The summed E-state index contributed by atoms with van der Waals surface area (Å²) in [5, 5.41) is 4.45. The van der Waals surface area contributed by atoms with Gasteiger partial charge >= 0.3 is 0 Å². The lowest BCUT2D eigenvalue weighted by atomic mass is 9.91. The van der Waals surface area contributed by atoms with Crippen molar-refractivity contribution in [3.8, 4) is 77.9 Å². The van der Waals surface area contributed by atoms with Crippen molar-refractivity contribution in [2.75, 3.05) is 0 Å². The van der Waals surface area contributed by atoms with Crippen LogP contribution in [0.15, 0.2) is 239 Å². The molecule has 0 saturated carbocycles. The Morgan fingerprint density at radius 1 is 0.210 bits per heavy atom. The van der Waals surface area contributed by atoms with Gasteiger partial charge in [-0.05, 0) is 127 Å². The van der Waals surface area contributed by atoms with Crippen LogP contribution in [0.2, 0.25) is 0 Å². The van der Waals surface area contributed by atoms with Crippen molar-refractivity contribution in [1.29, 1.82) is 0 Å². The number of benzene rings is 10. The van der Waals surface area contributed by atoms with Crippen LogP contribution in [0.4, 0.5) is 0 Å². The first kappa shape index (κ1) is 35.7. The Morgan fingerprint density at radius 3 is 1.34 bits per heavy atom. The Kier molecular flexibility index (Phi) is 8.53. The molecule has 0 atom stereocenters. The largest absolute Gasteiger partial charge is 0.456 e. The van der Waals surface area contributed by atoms with E-state index in [4.69, 9.17) is 8.83 Å². The summed E-state index contributed by atoms with van der Waals surface area (Å²) in [6.07, 6.45) is 0. The molecule has 2 heteroatoms. The summed E-state index contributed by atoms with van der Waals surface area (Å²) in [5.41, 5.74) is 19.6. The second-order valence-corrected chi connectivity index (χ2v) is 16.0. The summed E-state index contributed by atoms with van der Waals surface area (Å²) in [7, 11) is 0. The fraction of sp³-hybridized carbons (Fsp3) is 0. The average Bonchev–Trinajstić information content (AvgIpc) is 3.93. The molecular weight excluding hydrogens is 753 g/mol. The molecule has 62 heavy (non-hydrogen) atoms. The third-order valence-electron chi connectivity index (χ3n) is 12.3. The summed E-state index contributed by atoms with van der Waals surface area (Å²) < 4.78 is 13.3. The van der Waals surface area contributed by atoms with Crippen molar-refractivity contribution in [3.05, 3.63) is 231 Å². The van der Waals surface area contributed by atoms with E-state index in [2.05, 4.69) is 218 Å². The highest BCUT2D eigenvalue weighted by atomic mass is 16.3. The van der Waals surface area contributed by atoms with Gasteiger partial charge in [-0.15, -0.1) is 0 Å². The molecule has 2 nitrogen and oxygen atoms in total. The second-order valence-electron chi connectivity index (χ2n) is 16.0. The molecule has 0 saturated heterocycles. The number of fused-ring (bicyclic) bond motifs is 6. The fourth-order valence-corrected chi connectivity index (χ4v) is 9.20. The molecule has 0 fully saturated rings. The van der Waals surface area contributed by atoms with E-state index in [0.29, 0.717) is 0 Å². The molecule has 0 unspecified atom stereocenters. The topological polar surface area (TPSA) is 26.3 Å². The van der Waals surface area contributed by atoms with Gasteiger partial charge in [-0.1, -0.05) is 176 Å². The van der Waals surface area contributed by atoms with Crippen LogP contribution in [0.3, 0.4) is 0 Å². The van der Waals surface area contributed by atoms with E-state index >= 15 is 0 Å². The third kappa shape index (κ3) is 6.29. The quantitative estimate of drug-likeness (QED) is 0.161. The minimum absolute atomic E-state index is 0.867. The van der Waals surface area contributed by atoms with Gasteiger partial charge in [0.2, 0.25) is 0 Å². The molecule has 2 heterocycles. The second kappa shape index (κ2) is 14.8. The Balaban J connectivity index is 0.983. The first-order chi connectivity index (χ1) is 30.7. The number of furan rings is 2. The minimum atomic E-state index is 0.867. The Bertz CT molecular complexity index is 3610. The van der Waals surface area contributed by atoms with Gasteiger partial charge in [0, 0.05) is 27.1 Å². The van der Waals surface area contributed by atoms with Crippen LogP contribution in [-0.2, 0) is 0 Å². The molecule has 0 amide bonds. The summed E-state index contributed by atoms with van der Waals surface area (Å²) in [5.74, 6) is 0. The van der Waals surface area contributed by atoms with E-state index in [0.717, 1.165) is 88.4 Å². The molecule has 2 aromatic heterocycles. The molecule has 0 aliphatic carbocycles. The summed E-state index contributed by atoms with van der Waals surface area (Å²) in [6, 6.07) is 82.4. The molecule has 10 aromatic carbocycles. The zero-order valence-corrected chi connectivity index (χ0v) is 33.8. The first-order valence-corrected chi connectivity index (χ1v) is 21.1. The predicted octanol–water partition coefficient (Wildman–Crippen LogP) is 17.2. The van der Waals surface area contributed by atoms with Gasteiger partial charge in [0.15, 0.2) is 0 Å². The van der Waals surface area contributed by atoms with Gasteiger partial charge in [-0.25, -0.2) is 0 Å². The zero-order valence-electron chi connectivity index (χ0n) is 33.8. The van der Waals surface area contributed by atoms with Crippen LogP contribution >= 0.6 is 0 Å². The Morgan fingerprint density at radius 2 is 0.645 bits per heavy atom. The summed E-state index contributed by atoms with van der Waals surface area (Å²) >= 11 is 0. The molecule has 12 rings (SSSR count). The molecular formula is C60H38O2. The van der Waals surface area contributed by atoms with Gasteiger partial charge in [-0.3, -0.25) is 0 Å². The highest BCUT2D eigenvalue weighted by Gasteiger charge is 2.18. The van der Waals surface area contributed by atoms with Gasteiger partial charge in [0.1, 0.15) is 22.3 Å². The van der Waals surface area contributed by atoms with Crippen molar-refractivity contribution < 1.29 is 8.83 Å². The standard InChI is InChI=1S/C60H38O2/c1-3-13-39(14-4-1)43-17-9-19-45(33-43)41-27-29-42(30-28-41)51-22-12-26-57-59(51)55-24-11-23-52(60(55)62-57)50-36-48(46-20-10-18-44(34-46)40-15-5-2-6-16-40)35-49(37-50)47-31-32-54-53-21-7-8-25-56(53)61-58(54)38-47/h1-38H. The van der Waals surface area contributed by atoms with E-state index in [1.807, 2.05) is 12.1 Å². The minimum Gasteiger partial charge on any atom is -0.456 e. The van der Waals surface area contributed by atoms with E-state index < -0.39 is 0 Å². The van der Waals surface area contributed by atoms with Crippen molar-refractivity contribution in [1.82, 2.24) is 0 Å². The van der Waals surface area contributed by atoms with E-state index in [-0.39, 0.29) is 0 Å². The van der Waals surface area contributed by atoms with Crippen LogP contribution in [-0.4, -0.2) is 0 Å². The maximum atomic E-state index is 6.89. The molecule has 0 spiro atoms. The van der Waals surface area contributed by atoms with Crippen LogP contribution < -0.4 is 0 Å². The molecule has 0 aliphatic heterocycles. The van der Waals surface area contributed by atoms with Crippen LogP contribution in [0, 0.1) is 0 Å². The van der Waals surface area contributed by atoms with Crippen LogP contribution in [0.25, 0.3) is 122 Å². The van der Waals surface area contributed by atoms with Gasteiger partial charge in [0.05, 0.1) is 0 Å². The highest BCUT2D eigenvalue weighted by Crippen LogP contribution is 2.43. The normalized spacial score (nSPS) is 11.5. The Hall–Kier alpha value is -8.20. The monoisotopic (exact) mass is 790 g/mol. The number of hydrogen-bond acceptors (Lipinski definition) is 2. The lowest BCUT2D eigenvalue weighted by Crippen LogP contribution is -1.88. The molecule has 290 valence electrons. The number of hydrogen-bond donors (Lipinski definition) is 0. The van der Waals surface area contributed by atoms with Crippen molar-refractivity contribution in [3.63, 3.8) is 0 Å². The van der Waals surface area contributed by atoms with Crippen LogP contribution in [0.5, 0.6) is 0 Å². The number of rotatable bonds is 7. The zero-order chi connectivity index (χ0) is 41.0. The fourth-order valence-electron chi connectivity index (χ4n) is 9.20. The van der Waals surface area contributed by atoms with Gasteiger partial charge in [0.25, 0.3) is 0 Å². The summed E-state index contributed by atoms with van der Waals surface area (Å²) in [4.78, 5) is 0. The average molecular weight is 791 g/mol. The van der Waals surface area contributed by atoms with Crippen molar-refractivity contribution >= 4 is 43.9 Å². The van der Waals surface area contributed by atoms with Gasteiger partial charge < -0.3 is 8.83 Å². The van der Waals surface area contributed by atoms with E-state index in [9.17, 15) is 0 Å². The van der Waals surface area contributed by atoms with Crippen LogP contribution in [0.1, 0.15) is 0 Å². The Labute approximate surface area is 359 Å². The maximum Gasteiger partial charge on any atom is 0.143 e. The first-order valence-electron chi connectivity index (χ1n) is 21.1. The number of para-hydroxylation sites is 2. The molecule has 12 aromatic rings. The molecule has 0 radical (unpaired) electrons. The van der Waals surface area contributed by atoms with Crippen molar-refractivity contribution in [2.24, 2.45) is 0 Å². The molecule has 0 N–H and O–H groups in total. The smallest absolute Gasteiger partial charge is 0.143 e. The predicted molar refractivity (Wildman–Crippen MR) is 259 cm³/mol. The lowest BCUT2D eigenvalue weighted by Gasteiger charge is -2.13. The lowest BCUT2D eigenvalue weighted by molar-refractivity contribution is 0.669. The summed E-state index contributed by atoms with van der Waals surface area (Å²) in [6.45, 7) is 0. The van der Waals surface area contributed by atoms with Crippen molar-refractivity contribution in [2.45, 2.75) is 0 Å². The van der Waals surface area contributed by atoms with E-state index in [1.165, 1.54) is 33.4 Å². The molecule has 0 aliphatic rings. The maximum absolute atomic E-state index is 6.89. The third-order valence-corrected chi connectivity index (χ3v) is 12.3. The van der Waals surface area contributed by atoms with E-state index in [1.54, 1.807) is 0 Å². The SMILES string of the molecule is c1ccc(-c2cccc(-c3ccc(-c4cccc5oc6c(-c7cc(-c8cccc(-c9ccccc9)c8)cc(-c8ccc9c(c8)oc8ccccc89)c7)cccc6c45)cc3)c2)cc1.